The Balaban J connectivity index is 2.36. The Bertz CT molecular complexity index is 478. The number of methoxy groups -OCH3 is 1. The van der Waals surface area contributed by atoms with Gasteiger partial charge in [0, 0.05) is 15.3 Å². The number of hydrogen-bond acceptors (Lipinski definition) is 2. The van der Waals surface area contributed by atoms with E-state index in [9.17, 15) is 0 Å². The molecule has 0 spiro atoms. The second-order valence-corrected chi connectivity index (χ2v) is 5.79. The molecule has 1 unspecified atom stereocenters. The maximum absolute atomic E-state index is 5.37. The zero-order valence-electron chi connectivity index (χ0n) is 9.24. The van der Waals surface area contributed by atoms with Crippen LogP contribution >= 0.6 is 27.3 Å². The molecule has 0 saturated carbocycles. The predicted molar refractivity (Wildman–Crippen MR) is 72.8 cm³/mol. The summed E-state index contributed by atoms with van der Waals surface area (Å²) in [5.74, 6) is 0.926. The van der Waals surface area contributed by atoms with Gasteiger partial charge in [-0.3, -0.25) is 0 Å². The lowest BCUT2D eigenvalue weighted by atomic mass is 10.1. The number of alkyl halides is 1. The van der Waals surface area contributed by atoms with Crippen molar-refractivity contribution < 1.29 is 4.74 Å². The van der Waals surface area contributed by atoms with Crippen LogP contribution in [0.3, 0.4) is 0 Å². The monoisotopic (exact) mass is 296 g/mol. The zero-order chi connectivity index (χ0) is 11.5. The van der Waals surface area contributed by atoms with E-state index in [4.69, 9.17) is 4.74 Å². The van der Waals surface area contributed by atoms with E-state index in [-0.39, 0.29) is 4.83 Å². The molecular formula is C13H13BrOS. The minimum atomic E-state index is 0.211. The van der Waals surface area contributed by atoms with Crippen molar-refractivity contribution in [1.29, 1.82) is 0 Å². The first kappa shape index (κ1) is 11.7. The van der Waals surface area contributed by atoms with E-state index >= 15 is 0 Å². The predicted octanol–water partition coefficient (Wildman–Crippen LogP) is 4.55. The molecule has 0 N–H and O–H groups in total. The number of thiophene rings is 1. The summed E-state index contributed by atoms with van der Waals surface area (Å²) in [5, 5.41) is 0. The van der Waals surface area contributed by atoms with Crippen LogP contribution in [0.25, 0.3) is 0 Å². The second-order valence-electron chi connectivity index (χ2n) is 3.55. The van der Waals surface area contributed by atoms with Crippen LogP contribution in [0.4, 0.5) is 0 Å². The molecular weight excluding hydrogens is 284 g/mol. The third-order valence-corrected chi connectivity index (χ3v) is 4.78. The number of ether oxygens (including phenoxy) is 1. The summed E-state index contributed by atoms with van der Waals surface area (Å²) < 4.78 is 5.37. The van der Waals surface area contributed by atoms with Gasteiger partial charge in [-0.2, -0.15) is 0 Å². The quantitative estimate of drug-likeness (QED) is 0.755. The summed E-state index contributed by atoms with van der Waals surface area (Å²) >= 11 is 5.54. The van der Waals surface area contributed by atoms with Crippen LogP contribution in [0.2, 0.25) is 0 Å². The number of halogens is 1. The first-order chi connectivity index (χ1) is 7.72. The molecule has 0 aliphatic rings. The van der Waals surface area contributed by atoms with Crippen LogP contribution in [0.5, 0.6) is 5.75 Å². The van der Waals surface area contributed by atoms with Crippen molar-refractivity contribution in [2.24, 2.45) is 0 Å². The average molecular weight is 297 g/mol. The fourth-order valence-corrected chi connectivity index (χ4v) is 3.30. The van der Waals surface area contributed by atoms with Crippen molar-refractivity contribution in [3.8, 4) is 5.75 Å². The maximum atomic E-state index is 5.37. The van der Waals surface area contributed by atoms with E-state index in [1.807, 2.05) is 29.5 Å². The Morgan fingerprint density at radius 1 is 1.19 bits per heavy atom. The van der Waals surface area contributed by atoms with Crippen molar-refractivity contribution in [1.82, 2.24) is 0 Å². The molecule has 2 rings (SSSR count). The van der Waals surface area contributed by atoms with Crippen molar-refractivity contribution in [3.05, 3.63) is 51.7 Å². The van der Waals surface area contributed by atoms with Gasteiger partial charge in [0.15, 0.2) is 0 Å². The first-order valence-corrected chi connectivity index (χ1v) is 6.79. The fourth-order valence-electron chi connectivity index (χ4n) is 1.62. The molecule has 0 radical (unpaired) electrons. The van der Waals surface area contributed by atoms with Gasteiger partial charge in [-0.25, -0.2) is 0 Å². The Kier molecular flexibility index (Phi) is 3.66. The summed E-state index contributed by atoms with van der Waals surface area (Å²) in [7, 11) is 1.71. The van der Waals surface area contributed by atoms with Crippen molar-refractivity contribution in [2.45, 2.75) is 11.8 Å². The highest BCUT2D eigenvalue weighted by atomic mass is 79.9. The lowest BCUT2D eigenvalue weighted by Gasteiger charge is -2.12. The van der Waals surface area contributed by atoms with Crippen molar-refractivity contribution >= 4 is 27.3 Å². The molecule has 1 nitrogen and oxygen atoms in total. The summed E-state index contributed by atoms with van der Waals surface area (Å²) in [6.45, 7) is 2.12. The third kappa shape index (κ3) is 2.30. The van der Waals surface area contributed by atoms with Gasteiger partial charge in [-0.1, -0.05) is 34.1 Å². The number of hydrogen-bond donors (Lipinski definition) is 0. The molecule has 0 saturated heterocycles. The van der Waals surface area contributed by atoms with E-state index in [0.717, 1.165) is 5.75 Å². The molecule has 1 heterocycles. The molecule has 0 aliphatic carbocycles. The largest absolute Gasteiger partial charge is 0.496 e. The molecule has 0 fully saturated rings. The lowest BCUT2D eigenvalue weighted by molar-refractivity contribution is 0.410. The molecule has 2 aromatic rings. The number of aryl methyl sites for hydroxylation is 1. The average Bonchev–Trinajstić information content (AvgIpc) is 2.75. The van der Waals surface area contributed by atoms with Gasteiger partial charge in [0.25, 0.3) is 0 Å². The Labute approximate surface area is 108 Å². The molecule has 16 heavy (non-hydrogen) atoms. The zero-order valence-corrected chi connectivity index (χ0v) is 11.6. The highest BCUT2D eigenvalue weighted by Gasteiger charge is 2.15. The normalized spacial score (nSPS) is 12.4. The lowest BCUT2D eigenvalue weighted by Crippen LogP contribution is -1.94. The summed E-state index contributed by atoms with van der Waals surface area (Å²) in [6.07, 6.45) is 0. The third-order valence-electron chi connectivity index (χ3n) is 2.42. The topological polar surface area (TPSA) is 9.23 Å². The highest BCUT2D eigenvalue weighted by Crippen LogP contribution is 2.39. The van der Waals surface area contributed by atoms with Crippen molar-refractivity contribution in [2.75, 3.05) is 7.11 Å². The van der Waals surface area contributed by atoms with Crippen LogP contribution in [0, 0.1) is 6.92 Å². The van der Waals surface area contributed by atoms with Crippen LogP contribution < -0.4 is 4.74 Å². The number of benzene rings is 1. The molecule has 0 amide bonds. The smallest absolute Gasteiger partial charge is 0.123 e. The van der Waals surface area contributed by atoms with Gasteiger partial charge in [0.2, 0.25) is 0 Å². The van der Waals surface area contributed by atoms with Crippen LogP contribution in [-0.2, 0) is 0 Å². The molecule has 84 valence electrons. The molecule has 0 aliphatic heterocycles. The highest BCUT2D eigenvalue weighted by molar-refractivity contribution is 9.09. The van der Waals surface area contributed by atoms with Gasteiger partial charge < -0.3 is 4.74 Å². The fraction of sp³-hybridized carbons (Fsp3) is 0.231. The Hall–Kier alpha value is -0.800. The molecule has 1 aromatic heterocycles. The minimum Gasteiger partial charge on any atom is -0.496 e. The minimum absolute atomic E-state index is 0.211. The van der Waals surface area contributed by atoms with Gasteiger partial charge in [0.1, 0.15) is 5.75 Å². The van der Waals surface area contributed by atoms with Gasteiger partial charge >= 0.3 is 0 Å². The summed E-state index contributed by atoms with van der Waals surface area (Å²) in [4.78, 5) is 2.85. The van der Waals surface area contributed by atoms with Crippen LogP contribution in [0.1, 0.15) is 20.1 Å². The van der Waals surface area contributed by atoms with Crippen LogP contribution in [-0.4, -0.2) is 7.11 Å². The molecule has 3 heteroatoms. The van der Waals surface area contributed by atoms with E-state index in [0.29, 0.717) is 0 Å². The van der Waals surface area contributed by atoms with Gasteiger partial charge in [-0.15, -0.1) is 11.3 Å². The Morgan fingerprint density at radius 2 is 1.94 bits per heavy atom. The number of para-hydroxylation sites is 1. The van der Waals surface area contributed by atoms with E-state index in [1.54, 1.807) is 7.11 Å². The van der Waals surface area contributed by atoms with Crippen LogP contribution in [0.15, 0.2) is 36.4 Å². The summed E-state index contributed by atoms with van der Waals surface area (Å²) in [6, 6.07) is 12.4. The summed E-state index contributed by atoms with van der Waals surface area (Å²) in [5.41, 5.74) is 1.17. The molecule has 1 atom stereocenters. The SMILES string of the molecule is COc1ccccc1C(Br)c1ccc(C)s1. The number of rotatable bonds is 3. The van der Waals surface area contributed by atoms with E-state index in [2.05, 4.69) is 41.1 Å². The van der Waals surface area contributed by atoms with E-state index in [1.165, 1.54) is 15.3 Å². The molecule has 0 bridgehead atoms. The second kappa shape index (κ2) is 5.02. The van der Waals surface area contributed by atoms with E-state index < -0.39 is 0 Å². The standard InChI is InChI=1S/C13H13BrOS/c1-9-7-8-12(16-9)13(14)10-5-3-4-6-11(10)15-2/h3-8,13H,1-2H3. The van der Waals surface area contributed by atoms with Crippen molar-refractivity contribution in [3.63, 3.8) is 0 Å². The Morgan fingerprint density at radius 3 is 2.56 bits per heavy atom. The molecule has 1 aromatic carbocycles. The maximum Gasteiger partial charge on any atom is 0.123 e. The van der Waals surface area contributed by atoms with Gasteiger partial charge in [-0.05, 0) is 25.1 Å². The van der Waals surface area contributed by atoms with Gasteiger partial charge in [0.05, 0.1) is 11.9 Å². The first-order valence-electron chi connectivity index (χ1n) is 5.05.